The van der Waals surface area contributed by atoms with Crippen LogP contribution in [0.4, 0.5) is 4.79 Å². The summed E-state index contributed by atoms with van der Waals surface area (Å²) in [7, 11) is 1.27. The van der Waals surface area contributed by atoms with Gasteiger partial charge in [0.2, 0.25) is 0 Å². The third-order valence-electron chi connectivity index (χ3n) is 5.65. The Balaban J connectivity index is 1.59. The van der Waals surface area contributed by atoms with Gasteiger partial charge in [-0.15, -0.1) is 0 Å². The Morgan fingerprint density at radius 1 is 1.07 bits per heavy atom. The van der Waals surface area contributed by atoms with Gasteiger partial charge < -0.3 is 39.4 Å². The van der Waals surface area contributed by atoms with Crippen molar-refractivity contribution >= 4 is 24.2 Å². The highest BCUT2D eigenvalue weighted by Crippen LogP contribution is 2.34. The second-order valence-corrected chi connectivity index (χ2v) is 8.58. The summed E-state index contributed by atoms with van der Waals surface area (Å²) in [5.74, 6) is 0.187. The van der Waals surface area contributed by atoms with E-state index in [0.717, 1.165) is 5.56 Å². The number of carbonyl (C=O) groups excluding carboxylic acids is 3. The zero-order valence-corrected chi connectivity index (χ0v) is 23.3. The van der Waals surface area contributed by atoms with Crippen molar-refractivity contribution in [3.63, 3.8) is 0 Å². The minimum Gasteiger partial charge on any atom is -0.490 e. The Kier molecular flexibility index (Phi) is 11.3. The molecule has 2 aromatic rings. The lowest BCUT2D eigenvalue weighted by Gasteiger charge is -2.28. The molecule has 0 spiro atoms. The molecule has 0 fully saturated rings. The number of nitrogens with one attached hydrogen (secondary N) is 3. The predicted octanol–water partition coefficient (Wildman–Crippen LogP) is 2.15. The van der Waals surface area contributed by atoms with E-state index in [1.54, 1.807) is 63.2 Å². The van der Waals surface area contributed by atoms with Gasteiger partial charge in [0.05, 0.1) is 38.2 Å². The number of hydrazone groups is 1. The standard InChI is InChI=1S/C28H34N4O9/c1-5-38-22-13-19(26-25(27(35)37-4)17(3)30-28(36)31-26)9-12-21(22)41-15-23(33)32-29-14-18-7-10-20(11-8-18)40-16-24(34)39-6-2/h7-14,23,26,32-33H,5-6,15-16H2,1-4H3,(H2,30,31,36)/b29-14-/t23-,26-/m0/s1. The van der Waals surface area contributed by atoms with Crippen LogP contribution in [0.1, 0.15) is 37.9 Å². The quantitative estimate of drug-likeness (QED) is 0.114. The lowest BCUT2D eigenvalue weighted by molar-refractivity contribution is -0.145. The Morgan fingerprint density at radius 2 is 1.83 bits per heavy atom. The maximum atomic E-state index is 12.4. The molecule has 0 aliphatic carbocycles. The van der Waals surface area contributed by atoms with Gasteiger partial charge in [0, 0.05) is 5.70 Å². The second kappa shape index (κ2) is 15.1. The van der Waals surface area contributed by atoms with E-state index in [0.29, 0.717) is 35.1 Å². The van der Waals surface area contributed by atoms with Crippen LogP contribution in [0.3, 0.4) is 0 Å². The first-order valence-corrected chi connectivity index (χ1v) is 12.9. The van der Waals surface area contributed by atoms with Gasteiger partial charge in [-0.05, 0) is 68.3 Å². The van der Waals surface area contributed by atoms with Gasteiger partial charge >= 0.3 is 18.0 Å². The number of ether oxygens (including phenoxy) is 5. The lowest BCUT2D eigenvalue weighted by Crippen LogP contribution is -2.45. The monoisotopic (exact) mass is 570 g/mol. The van der Waals surface area contributed by atoms with E-state index >= 15 is 0 Å². The highest BCUT2D eigenvalue weighted by Gasteiger charge is 2.32. The molecule has 1 heterocycles. The predicted molar refractivity (Wildman–Crippen MR) is 148 cm³/mol. The highest BCUT2D eigenvalue weighted by atomic mass is 16.6. The number of esters is 2. The van der Waals surface area contributed by atoms with E-state index in [1.165, 1.54) is 13.3 Å². The molecule has 13 heteroatoms. The maximum Gasteiger partial charge on any atom is 0.344 e. The highest BCUT2D eigenvalue weighted by molar-refractivity contribution is 5.95. The molecule has 0 radical (unpaired) electrons. The number of hydrogen-bond acceptors (Lipinski definition) is 11. The smallest absolute Gasteiger partial charge is 0.344 e. The maximum absolute atomic E-state index is 12.4. The van der Waals surface area contributed by atoms with Gasteiger partial charge in [-0.25, -0.2) is 14.4 Å². The largest absolute Gasteiger partial charge is 0.490 e. The van der Waals surface area contributed by atoms with Gasteiger partial charge in [-0.2, -0.15) is 5.10 Å². The van der Waals surface area contributed by atoms with Gasteiger partial charge in [-0.1, -0.05) is 6.07 Å². The molecular formula is C28H34N4O9. The summed E-state index contributed by atoms with van der Waals surface area (Å²) in [5, 5.41) is 19.6. The number of rotatable bonds is 14. The van der Waals surface area contributed by atoms with E-state index in [9.17, 15) is 19.5 Å². The summed E-state index contributed by atoms with van der Waals surface area (Å²) in [6.45, 7) is 5.42. The Morgan fingerprint density at radius 3 is 2.51 bits per heavy atom. The molecule has 13 nitrogen and oxygen atoms in total. The normalized spacial score (nSPS) is 15.4. The van der Waals surface area contributed by atoms with Crippen molar-refractivity contribution in [1.29, 1.82) is 0 Å². The number of urea groups is 1. The van der Waals surface area contributed by atoms with Crippen molar-refractivity contribution in [3.8, 4) is 17.2 Å². The van der Waals surface area contributed by atoms with Crippen molar-refractivity contribution in [2.45, 2.75) is 33.0 Å². The number of allylic oxidation sites excluding steroid dienone is 1. The third-order valence-corrected chi connectivity index (χ3v) is 5.65. The van der Waals surface area contributed by atoms with Crippen LogP contribution in [-0.4, -0.2) is 69.1 Å². The van der Waals surface area contributed by atoms with E-state index < -0.39 is 30.2 Å². The molecule has 0 aromatic heterocycles. The van der Waals surface area contributed by atoms with Crippen molar-refractivity contribution in [2.24, 2.45) is 5.10 Å². The minimum absolute atomic E-state index is 0.159. The number of hydrogen-bond donors (Lipinski definition) is 4. The summed E-state index contributed by atoms with van der Waals surface area (Å²) < 4.78 is 26.5. The van der Waals surface area contributed by atoms with Crippen LogP contribution >= 0.6 is 0 Å². The van der Waals surface area contributed by atoms with Crippen LogP contribution < -0.4 is 30.3 Å². The molecule has 4 N–H and O–H groups in total. The van der Waals surface area contributed by atoms with Crippen LogP contribution in [0.15, 0.2) is 58.8 Å². The molecular weight excluding hydrogens is 536 g/mol. The number of amides is 2. The molecule has 2 amide bonds. The molecule has 41 heavy (non-hydrogen) atoms. The molecule has 3 rings (SSSR count). The zero-order valence-electron chi connectivity index (χ0n) is 23.3. The lowest BCUT2D eigenvalue weighted by atomic mass is 9.95. The van der Waals surface area contributed by atoms with Crippen molar-refractivity contribution < 1.29 is 43.2 Å². The fraction of sp³-hybridized carbons (Fsp3) is 0.357. The number of aliphatic hydroxyl groups is 1. The third kappa shape index (κ3) is 8.86. The summed E-state index contributed by atoms with van der Waals surface area (Å²) >= 11 is 0. The Hall–Kier alpha value is -4.78. The molecule has 0 saturated carbocycles. The van der Waals surface area contributed by atoms with Crippen LogP contribution in [0, 0.1) is 0 Å². The summed E-state index contributed by atoms with van der Waals surface area (Å²) in [5.41, 5.74) is 4.53. The number of nitrogens with zero attached hydrogens (tertiary/aromatic N) is 1. The van der Waals surface area contributed by atoms with Crippen molar-refractivity contribution in [1.82, 2.24) is 16.1 Å². The Labute approximate surface area is 237 Å². The number of carbonyl (C=O) groups is 3. The van der Waals surface area contributed by atoms with Crippen LogP contribution in [0.25, 0.3) is 0 Å². The van der Waals surface area contributed by atoms with E-state index in [2.05, 4.69) is 21.2 Å². The fourth-order valence-electron chi connectivity index (χ4n) is 3.82. The number of methoxy groups -OCH3 is 1. The Bertz CT molecular complexity index is 1280. The first-order chi connectivity index (χ1) is 19.7. The summed E-state index contributed by atoms with van der Waals surface area (Å²) in [4.78, 5) is 35.9. The second-order valence-electron chi connectivity index (χ2n) is 8.58. The zero-order chi connectivity index (χ0) is 29.8. The molecule has 2 atom stereocenters. The van der Waals surface area contributed by atoms with Gasteiger partial charge in [-0.3, -0.25) is 5.43 Å². The molecule has 220 valence electrons. The minimum atomic E-state index is -1.15. The van der Waals surface area contributed by atoms with Crippen molar-refractivity contribution in [2.75, 3.05) is 33.5 Å². The SMILES string of the molecule is CCOC(=O)COc1ccc(/C=N\N[C@@H](O)COc2ccc([C@@H]3NC(=O)NC(C)=C3C(=O)OC)cc2OCC)cc1. The fourth-order valence-corrected chi connectivity index (χ4v) is 3.82. The average Bonchev–Trinajstić information content (AvgIpc) is 2.95. The van der Waals surface area contributed by atoms with Gasteiger partial charge in [0.1, 0.15) is 12.4 Å². The molecule has 1 aliphatic heterocycles. The summed E-state index contributed by atoms with van der Waals surface area (Å²) in [6, 6.07) is 10.6. The molecule has 0 bridgehead atoms. The number of aliphatic hydroxyl groups excluding tert-OH is 1. The first-order valence-electron chi connectivity index (χ1n) is 12.9. The van der Waals surface area contributed by atoms with Crippen LogP contribution in [-0.2, 0) is 19.1 Å². The molecule has 1 aliphatic rings. The summed E-state index contributed by atoms with van der Waals surface area (Å²) in [6.07, 6.45) is 0.355. The van der Waals surface area contributed by atoms with E-state index in [4.69, 9.17) is 23.7 Å². The van der Waals surface area contributed by atoms with E-state index in [-0.39, 0.29) is 25.4 Å². The van der Waals surface area contributed by atoms with Crippen molar-refractivity contribution in [3.05, 3.63) is 64.9 Å². The topological polar surface area (TPSA) is 166 Å². The average molecular weight is 571 g/mol. The van der Waals surface area contributed by atoms with Crippen LogP contribution in [0.5, 0.6) is 17.2 Å². The van der Waals surface area contributed by atoms with E-state index in [1.807, 2.05) is 0 Å². The molecule has 2 aromatic carbocycles. The van der Waals surface area contributed by atoms with Gasteiger partial charge in [0.25, 0.3) is 0 Å². The first kappa shape index (κ1) is 30.8. The molecule has 0 saturated heterocycles. The van der Waals surface area contributed by atoms with Crippen LogP contribution in [0.2, 0.25) is 0 Å². The van der Waals surface area contributed by atoms with Gasteiger partial charge in [0.15, 0.2) is 24.3 Å². The molecule has 0 unspecified atom stereocenters. The number of benzene rings is 2.